The molecule has 2 aromatic carbocycles. The number of aromatic nitrogens is 1. The van der Waals surface area contributed by atoms with Crippen LogP contribution in [0.15, 0.2) is 78.9 Å². The van der Waals surface area contributed by atoms with E-state index in [1.165, 1.54) is 12.1 Å². The van der Waals surface area contributed by atoms with Crippen molar-refractivity contribution in [3.8, 4) is 0 Å². The van der Waals surface area contributed by atoms with Gasteiger partial charge in [0.2, 0.25) is 0 Å². The van der Waals surface area contributed by atoms with Gasteiger partial charge in [-0.3, -0.25) is 4.98 Å². The third kappa shape index (κ3) is 4.51. The Hall–Kier alpha value is -2.48. The molecule has 1 aromatic heterocycles. The fraction of sp³-hybridized carbons (Fsp3) is 0.320. The third-order valence-corrected chi connectivity index (χ3v) is 10.6. The zero-order valence-corrected chi connectivity index (χ0v) is 19.6. The minimum atomic E-state index is -3.59. The van der Waals surface area contributed by atoms with Gasteiger partial charge in [0, 0.05) is 12.1 Å². The van der Waals surface area contributed by atoms with Gasteiger partial charge in [-0.15, -0.1) is 0 Å². The SMILES string of the molecule is CC(C)(C)[Si](OC(F)(c1cccc(CCN)n1)C(F)F)(c1ccccc1)c1ccccc1. The smallest absolute Gasteiger partial charge is 0.305 e. The first kappa shape index (κ1) is 24.2. The largest absolute Gasteiger partial charge is 0.368 e. The van der Waals surface area contributed by atoms with Crippen LogP contribution in [0.3, 0.4) is 0 Å². The Labute approximate surface area is 188 Å². The lowest BCUT2D eigenvalue weighted by Crippen LogP contribution is -2.69. The number of pyridine rings is 1. The molecule has 0 aliphatic carbocycles. The summed E-state index contributed by atoms with van der Waals surface area (Å²) in [6.07, 6.45) is -3.09. The Morgan fingerprint density at radius 3 is 1.84 bits per heavy atom. The van der Waals surface area contributed by atoms with E-state index in [9.17, 15) is 8.78 Å². The van der Waals surface area contributed by atoms with Crippen LogP contribution in [0.2, 0.25) is 5.04 Å². The van der Waals surface area contributed by atoms with E-state index in [1.54, 1.807) is 6.07 Å². The van der Waals surface area contributed by atoms with Crippen LogP contribution in [-0.2, 0) is 16.7 Å². The molecule has 0 bridgehead atoms. The summed E-state index contributed by atoms with van der Waals surface area (Å²) in [5.74, 6) is -3.39. The standard InChI is InChI=1S/C25H29F3N2OSi/c1-24(2,3)32(20-12-6-4-7-13-20,21-14-8-5-9-15-21)31-25(28,23(26)27)22-16-10-11-19(30-22)17-18-29/h4-16,23H,17-18,29H2,1-3H3. The van der Waals surface area contributed by atoms with Gasteiger partial charge < -0.3 is 10.2 Å². The first-order valence-electron chi connectivity index (χ1n) is 10.6. The summed E-state index contributed by atoms with van der Waals surface area (Å²) in [5, 5.41) is 0.746. The van der Waals surface area contributed by atoms with E-state index in [4.69, 9.17) is 10.2 Å². The molecule has 0 amide bonds. The highest BCUT2D eigenvalue weighted by molar-refractivity contribution is 6.99. The molecule has 0 aliphatic rings. The van der Waals surface area contributed by atoms with Gasteiger partial charge >= 0.3 is 12.3 Å². The highest BCUT2D eigenvalue weighted by Gasteiger charge is 2.59. The Balaban J connectivity index is 2.28. The molecule has 0 spiro atoms. The average molecular weight is 459 g/mol. The van der Waals surface area contributed by atoms with Gasteiger partial charge in [0.15, 0.2) is 0 Å². The number of rotatable bonds is 8. The monoisotopic (exact) mass is 458 g/mol. The number of nitrogens with zero attached hydrogens (tertiary/aromatic N) is 1. The van der Waals surface area contributed by atoms with Crippen molar-refractivity contribution in [3.63, 3.8) is 0 Å². The second-order valence-electron chi connectivity index (χ2n) is 8.76. The molecule has 0 radical (unpaired) electrons. The molecule has 0 saturated heterocycles. The Morgan fingerprint density at radius 1 is 0.875 bits per heavy atom. The van der Waals surface area contributed by atoms with E-state index >= 15 is 4.39 Å². The maximum absolute atomic E-state index is 16.4. The van der Waals surface area contributed by atoms with Crippen LogP contribution in [0.4, 0.5) is 13.2 Å². The summed E-state index contributed by atoms with van der Waals surface area (Å²) >= 11 is 0. The van der Waals surface area contributed by atoms with Gasteiger partial charge in [0.05, 0.1) is 0 Å². The van der Waals surface area contributed by atoms with E-state index in [1.807, 2.05) is 81.4 Å². The molecule has 0 saturated carbocycles. The molecule has 3 nitrogen and oxygen atoms in total. The molecule has 0 fully saturated rings. The molecular weight excluding hydrogens is 429 g/mol. The molecule has 7 heteroatoms. The second kappa shape index (κ2) is 9.56. The van der Waals surface area contributed by atoms with Gasteiger partial charge in [-0.2, -0.15) is 4.39 Å². The zero-order chi connectivity index (χ0) is 23.4. The molecule has 1 atom stereocenters. The van der Waals surface area contributed by atoms with Crippen LogP contribution in [-0.4, -0.2) is 26.3 Å². The van der Waals surface area contributed by atoms with Crippen molar-refractivity contribution < 1.29 is 17.6 Å². The lowest BCUT2D eigenvalue weighted by atomic mass is 10.1. The fourth-order valence-corrected chi connectivity index (χ4v) is 8.61. The van der Waals surface area contributed by atoms with Crippen LogP contribution < -0.4 is 16.1 Å². The van der Waals surface area contributed by atoms with Crippen molar-refractivity contribution in [2.75, 3.05) is 6.54 Å². The summed E-state index contributed by atoms with van der Waals surface area (Å²) in [4.78, 5) is 4.17. The molecule has 1 unspecified atom stereocenters. The summed E-state index contributed by atoms with van der Waals surface area (Å²) in [5.41, 5.74) is 5.59. The van der Waals surface area contributed by atoms with Gasteiger partial charge in [-0.1, -0.05) is 87.5 Å². The third-order valence-electron chi connectivity index (χ3n) is 5.56. The van der Waals surface area contributed by atoms with Crippen LogP contribution >= 0.6 is 0 Å². The lowest BCUT2D eigenvalue weighted by molar-refractivity contribution is -0.183. The van der Waals surface area contributed by atoms with Crippen LogP contribution in [0, 0.1) is 0 Å². The normalized spacial score (nSPS) is 14.4. The van der Waals surface area contributed by atoms with Gasteiger partial charge in [0.25, 0.3) is 8.32 Å². The number of hydrogen-bond donors (Lipinski definition) is 1. The topological polar surface area (TPSA) is 48.1 Å². The number of hydrogen-bond acceptors (Lipinski definition) is 3. The van der Waals surface area contributed by atoms with E-state index in [-0.39, 0.29) is 6.54 Å². The predicted molar refractivity (Wildman–Crippen MR) is 124 cm³/mol. The summed E-state index contributed by atoms with van der Waals surface area (Å²) < 4.78 is 51.6. The Bertz CT molecular complexity index is 973. The Kier molecular flexibility index (Phi) is 7.22. The van der Waals surface area contributed by atoms with Gasteiger partial charge in [-0.05, 0) is 34.1 Å². The highest BCUT2D eigenvalue weighted by Crippen LogP contribution is 2.44. The van der Waals surface area contributed by atoms with Crippen molar-refractivity contribution in [2.45, 2.75) is 44.5 Å². The number of alkyl halides is 3. The highest BCUT2D eigenvalue weighted by atomic mass is 28.4. The van der Waals surface area contributed by atoms with Crippen molar-refractivity contribution >= 4 is 18.7 Å². The first-order chi connectivity index (χ1) is 15.1. The van der Waals surface area contributed by atoms with Gasteiger partial charge in [0.1, 0.15) is 5.69 Å². The number of halogens is 3. The summed E-state index contributed by atoms with van der Waals surface area (Å²) in [7, 11) is -3.59. The predicted octanol–water partition coefficient (Wildman–Crippen LogP) is 4.55. The number of benzene rings is 2. The summed E-state index contributed by atoms with van der Waals surface area (Å²) in [6.45, 7) is 6.00. The Morgan fingerprint density at radius 2 is 1.41 bits per heavy atom. The van der Waals surface area contributed by atoms with E-state index in [2.05, 4.69) is 4.98 Å². The quantitative estimate of drug-likeness (QED) is 0.504. The molecule has 0 aliphatic heterocycles. The number of nitrogens with two attached hydrogens (primary N) is 1. The van der Waals surface area contributed by atoms with Crippen LogP contribution in [0.1, 0.15) is 32.2 Å². The molecule has 3 aromatic rings. The molecule has 32 heavy (non-hydrogen) atoms. The minimum Gasteiger partial charge on any atom is -0.368 e. The van der Waals surface area contributed by atoms with Crippen molar-refractivity contribution in [1.29, 1.82) is 0 Å². The molecule has 1 heterocycles. The zero-order valence-electron chi connectivity index (χ0n) is 18.6. The fourth-order valence-electron chi connectivity index (χ4n) is 4.04. The van der Waals surface area contributed by atoms with Crippen LogP contribution in [0.5, 0.6) is 0 Å². The first-order valence-corrected chi connectivity index (χ1v) is 12.5. The van der Waals surface area contributed by atoms with E-state index in [0.717, 1.165) is 0 Å². The van der Waals surface area contributed by atoms with Gasteiger partial charge in [-0.25, -0.2) is 8.78 Å². The molecule has 3 rings (SSSR count). The second-order valence-corrected chi connectivity index (χ2v) is 13.0. The molecule has 2 N–H and O–H groups in total. The van der Waals surface area contributed by atoms with Crippen molar-refractivity contribution in [2.24, 2.45) is 5.73 Å². The van der Waals surface area contributed by atoms with E-state index < -0.39 is 31.3 Å². The van der Waals surface area contributed by atoms with Crippen molar-refractivity contribution in [1.82, 2.24) is 4.98 Å². The van der Waals surface area contributed by atoms with Crippen molar-refractivity contribution in [3.05, 3.63) is 90.3 Å². The lowest BCUT2D eigenvalue weighted by Gasteiger charge is -2.46. The maximum atomic E-state index is 16.4. The average Bonchev–Trinajstić information content (AvgIpc) is 2.78. The summed E-state index contributed by atoms with van der Waals surface area (Å²) in [6, 6.07) is 22.7. The molecule has 170 valence electrons. The molecular formula is C25H29F3N2OSi. The maximum Gasteiger partial charge on any atom is 0.305 e. The minimum absolute atomic E-state index is 0.278. The van der Waals surface area contributed by atoms with Crippen LogP contribution in [0.25, 0.3) is 0 Å². The van der Waals surface area contributed by atoms with E-state index in [0.29, 0.717) is 22.5 Å².